The lowest BCUT2D eigenvalue weighted by Crippen LogP contribution is -2.11. The van der Waals surface area contributed by atoms with Gasteiger partial charge in [0, 0.05) is 5.39 Å². The molecular weight excluding hydrogens is 407 g/mol. The summed E-state index contributed by atoms with van der Waals surface area (Å²) < 4.78 is 62.6. The Bertz CT molecular complexity index is 871. The maximum Gasteiger partial charge on any atom is 0.247 e. The molecule has 11 heteroatoms. The molecule has 0 aliphatic carbocycles. The third kappa shape index (κ3) is 3.55. The predicted molar refractivity (Wildman–Crippen MR) is 90.3 cm³/mol. The van der Waals surface area contributed by atoms with Crippen molar-refractivity contribution in [3.05, 3.63) is 17.2 Å². The summed E-state index contributed by atoms with van der Waals surface area (Å²) in [5.41, 5.74) is 0.00789. The van der Waals surface area contributed by atoms with Crippen molar-refractivity contribution in [1.82, 2.24) is 0 Å². The van der Waals surface area contributed by atoms with Crippen molar-refractivity contribution in [2.75, 3.05) is 25.0 Å². The Hall–Kier alpha value is -0.870. The Balaban J connectivity index is 2.82. The highest BCUT2D eigenvalue weighted by atomic mass is 35.5. The molecular formula is C13H13Cl2F2NO4S2. The second kappa shape index (κ2) is 7.57. The van der Waals surface area contributed by atoms with Gasteiger partial charge in [-0.2, -0.15) is 0 Å². The lowest BCUT2D eigenvalue weighted by Gasteiger charge is -2.14. The van der Waals surface area contributed by atoms with E-state index in [1.165, 1.54) is 6.92 Å². The predicted octanol–water partition coefficient (Wildman–Crippen LogP) is 3.37. The smallest absolute Gasteiger partial charge is 0.247 e. The SMILES string of the molecule is Cc1c(S(N)(=O)=O)sc2c(F)c(OCCCl)c(OCCCl)c(F)c12. The number of thiophene rings is 1. The summed E-state index contributed by atoms with van der Waals surface area (Å²) in [7, 11) is -4.13. The molecule has 0 aliphatic rings. The van der Waals surface area contributed by atoms with Gasteiger partial charge in [-0.25, -0.2) is 22.3 Å². The molecule has 0 saturated carbocycles. The molecule has 0 bridgehead atoms. The van der Waals surface area contributed by atoms with E-state index in [1.54, 1.807) is 0 Å². The van der Waals surface area contributed by atoms with Crippen LogP contribution in [0.1, 0.15) is 5.56 Å². The summed E-state index contributed by atoms with van der Waals surface area (Å²) in [6.07, 6.45) is 0. The first kappa shape index (κ1) is 19.5. The standard InChI is InChI=1S/C13H13Cl2F2NO4S2/c1-6-7-8(16)10(21-4-2-14)11(22-5-3-15)9(17)12(7)23-13(6)24(18,19)20/h2-5H2,1H3,(H2,18,19,20). The molecule has 0 amide bonds. The molecule has 1 heterocycles. The van der Waals surface area contributed by atoms with E-state index in [0.29, 0.717) is 11.3 Å². The second-order valence-electron chi connectivity index (χ2n) is 4.62. The maximum absolute atomic E-state index is 14.8. The summed E-state index contributed by atoms with van der Waals surface area (Å²) >= 11 is 11.6. The fraction of sp³-hybridized carbons (Fsp3) is 0.385. The van der Waals surface area contributed by atoms with Crippen molar-refractivity contribution < 1.29 is 26.7 Å². The van der Waals surface area contributed by atoms with Crippen molar-refractivity contribution >= 4 is 54.6 Å². The van der Waals surface area contributed by atoms with E-state index in [2.05, 4.69) is 0 Å². The van der Waals surface area contributed by atoms with Crippen LogP contribution >= 0.6 is 34.5 Å². The Morgan fingerprint density at radius 2 is 1.58 bits per heavy atom. The Kier molecular flexibility index (Phi) is 6.14. The Morgan fingerprint density at radius 1 is 1.08 bits per heavy atom. The fourth-order valence-corrected chi connectivity index (χ4v) is 4.50. The molecule has 0 saturated heterocycles. The summed E-state index contributed by atoms with van der Waals surface area (Å²) in [5.74, 6) is -2.76. The van der Waals surface area contributed by atoms with E-state index < -0.39 is 33.2 Å². The van der Waals surface area contributed by atoms with Gasteiger partial charge in [-0.1, -0.05) is 0 Å². The molecule has 0 fully saturated rings. The third-order valence-electron chi connectivity index (χ3n) is 3.03. The zero-order valence-corrected chi connectivity index (χ0v) is 15.5. The minimum atomic E-state index is -4.13. The number of nitrogens with two attached hydrogens (primary N) is 1. The number of ether oxygens (including phenoxy) is 2. The number of benzene rings is 1. The van der Waals surface area contributed by atoms with Crippen LogP contribution in [0.3, 0.4) is 0 Å². The number of hydrogen-bond donors (Lipinski definition) is 1. The lowest BCUT2D eigenvalue weighted by atomic mass is 10.1. The van der Waals surface area contributed by atoms with Crippen molar-refractivity contribution in [2.24, 2.45) is 5.14 Å². The number of aryl methyl sites for hydroxylation is 1. The minimum absolute atomic E-state index is 0.00789. The van der Waals surface area contributed by atoms with Crippen molar-refractivity contribution in [2.45, 2.75) is 11.1 Å². The molecule has 1 aromatic heterocycles. The van der Waals surface area contributed by atoms with Crippen molar-refractivity contribution in [3.8, 4) is 11.5 Å². The van der Waals surface area contributed by atoms with Crippen molar-refractivity contribution in [1.29, 1.82) is 0 Å². The van der Waals surface area contributed by atoms with Crippen LogP contribution in [0.25, 0.3) is 10.1 Å². The zero-order valence-electron chi connectivity index (χ0n) is 12.4. The topological polar surface area (TPSA) is 78.6 Å². The van der Waals surface area contributed by atoms with E-state index in [9.17, 15) is 17.2 Å². The fourth-order valence-electron chi connectivity index (χ4n) is 2.14. The molecule has 2 rings (SSSR count). The number of hydrogen-bond acceptors (Lipinski definition) is 5. The summed E-state index contributed by atoms with van der Waals surface area (Å²) in [4.78, 5) is 0. The second-order valence-corrected chi connectivity index (χ2v) is 8.16. The molecule has 0 aliphatic heterocycles. The molecule has 1 aromatic carbocycles. The van der Waals surface area contributed by atoms with Gasteiger partial charge in [0.2, 0.25) is 21.5 Å². The zero-order chi connectivity index (χ0) is 18.1. The maximum atomic E-state index is 14.8. The van der Waals surface area contributed by atoms with Gasteiger partial charge >= 0.3 is 0 Å². The number of sulfonamides is 1. The molecule has 2 aromatic rings. The molecule has 5 nitrogen and oxygen atoms in total. The highest BCUT2D eigenvalue weighted by Gasteiger charge is 2.29. The minimum Gasteiger partial charge on any atom is -0.486 e. The van der Waals surface area contributed by atoms with Gasteiger partial charge in [0.1, 0.15) is 17.4 Å². The summed E-state index contributed by atoms with van der Waals surface area (Å²) in [5, 5.41) is 4.88. The Morgan fingerprint density at radius 3 is 2.04 bits per heavy atom. The van der Waals surface area contributed by atoms with E-state index in [4.69, 9.17) is 37.8 Å². The third-order valence-corrected chi connectivity index (χ3v) is 6.19. The number of primary sulfonamides is 1. The van der Waals surface area contributed by atoms with E-state index >= 15 is 0 Å². The van der Waals surface area contributed by atoms with E-state index in [-0.39, 0.29) is 44.8 Å². The van der Waals surface area contributed by atoms with Crippen LogP contribution in [0, 0.1) is 18.6 Å². The molecule has 0 unspecified atom stereocenters. The van der Waals surface area contributed by atoms with Gasteiger partial charge in [0.05, 0.1) is 16.5 Å². The van der Waals surface area contributed by atoms with Crippen LogP contribution in [-0.4, -0.2) is 33.4 Å². The Labute approximate surface area is 151 Å². The molecule has 134 valence electrons. The van der Waals surface area contributed by atoms with Gasteiger partial charge in [-0.05, 0) is 12.5 Å². The van der Waals surface area contributed by atoms with Gasteiger partial charge in [0.15, 0.2) is 11.6 Å². The average Bonchev–Trinajstić information content (AvgIpc) is 2.86. The largest absolute Gasteiger partial charge is 0.486 e. The van der Waals surface area contributed by atoms with E-state index in [0.717, 1.165) is 0 Å². The molecule has 0 atom stereocenters. The monoisotopic (exact) mass is 419 g/mol. The first-order valence-electron chi connectivity index (χ1n) is 6.58. The van der Waals surface area contributed by atoms with Crippen LogP contribution < -0.4 is 14.6 Å². The lowest BCUT2D eigenvalue weighted by molar-refractivity contribution is 0.269. The molecule has 24 heavy (non-hydrogen) atoms. The van der Waals surface area contributed by atoms with Crippen LogP contribution in [0.2, 0.25) is 0 Å². The van der Waals surface area contributed by atoms with Gasteiger partial charge in [-0.3, -0.25) is 0 Å². The first-order valence-corrected chi connectivity index (χ1v) is 10.0. The highest BCUT2D eigenvalue weighted by molar-refractivity contribution is 7.91. The van der Waals surface area contributed by atoms with Gasteiger partial charge < -0.3 is 9.47 Å². The summed E-state index contributed by atoms with van der Waals surface area (Å²) in [6, 6.07) is 0. The van der Waals surface area contributed by atoms with Crippen LogP contribution in [-0.2, 0) is 10.0 Å². The van der Waals surface area contributed by atoms with Crippen LogP contribution in [0.15, 0.2) is 4.21 Å². The molecule has 0 spiro atoms. The van der Waals surface area contributed by atoms with Gasteiger partial charge in [0.25, 0.3) is 0 Å². The number of alkyl halides is 2. The number of halogens is 4. The van der Waals surface area contributed by atoms with Crippen LogP contribution in [0.4, 0.5) is 8.78 Å². The van der Waals surface area contributed by atoms with Crippen LogP contribution in [0.5, 0.6) is 11.5 Å². The normalized spacial score (nSPS) is 11.9. The number of fused-ring (bicyclic) bond motifs is 1. The molecule has 0 radical (unpaired) electrons. The first-order chi connectivity index (χ1) is 11.2. The van der Waals surface area contributed by atoms with E-state index in [1.807, 2.05) is 0 Å². The summed E-state index contributed by atoms with van der Waals surface area (Å²) in [6.45, 7) is 1.16. The van der Waals surface area contributed by atoms with Gasteiger partial charge in [-0.15, -0.1) is 34.5 Å². The highest BCUT2D eigenvalue weighted by Crippen LogP contribution is 2.45. The number of rotatable bonds is 7. The molecule has 2 N–H and O–H groups in total. The van der Waals surface area contributed by atoms with Crippen molar-refractivity contribution in [3.63, 3.8) is 0 Å². The quantitative estimate of drug-likeness (QED) is 0.697. The average molecular weight is 420 g/mol.